The van der Waals surface area contributed by atoms with Crippen molar-refractivity contribution in [2.75, 3.05) is 13.2 Å². The van der Waals surface area contributed by atoms with Crippen LogP contribution in [-0.2, 0) is 23.9 Å². The third kappa shape index (κ3) is 4.87. The van der Waals surface area contributed by atoms with Crippen LogP contribution in [0, 0.1) is 45.8 Å². The summed E-state index contributed by atoms with van der Waals surface area (Å²) < 4.78 is 11.3. The SMILES string of the molecule is C=CCOCCC(=C)C(=O)[C@H](O)C[C@H]1C(OC(C)=O)C[C@H]2C3CCC4[C@H](C)C(=O)C=CC45C[C@@]35CC[C@]12C.CC. The van der Waals surface area contributed by atoms with Crippen molar-refractivity contribution < 1.29 is 29.0 Å². The van der Waals surface area contributed by atoms with Crippen LogP contribution in [0.2, 0.25) is 0 Å². The lowest BCUT2D eigenvalue weighted by Crippen LogP contribution is -2.50. The molecule has 4 fully saturated rings. The molecule has 0 amide bonds. The number of ketones is 2. The van der Waals surface area contributed by atoms with Gasteiger partial charge in [-0.15, -0.1) is 6.58 Å². The number of rotatable bonds is 10. The first-order valence-electron chi connectivity index (χ1n) is 15.5. The zero-order valence-corrected chi connectivity index (χ0v) is 25.2. The quantitative estimate of drug-likeness (QED) is 0.154. The zero-order valence-electron chi connectivity index (χ0n) is 25.2. The van der Waals surface area contributed by atoms with Crippen LogP contribution in [0.3, 0.4) is 0 Å². The summed E-state index contributed by atoms with van der Waals surface area (Å²) in [7, 11) is 0. The second-order valence-corrected chi connectivity index (χ2v) is 13.1. The minimum absolute atomic E-state index is 0.0904. The molecule has 5 aliphatic carbocycles. The highest BCUT2D eigenvalue weighted by atomic mass is 16.5. The van der Waals surface area contributed by atoms with Crippen molar-refractivity contribution in [2.45, 2.75) is 98.2 Å². The Balaban J connectivity index is 0.00000181. The van der Waals surface area contributed by atoms with Gasteiger partial charge in [-0.05, 0) is 97.0 Å². The van der Waals surface area contributed by atoms with Crippen LogP contribution in [0.15, 0.2) is 37.0 Å². The first-order valence-corrected chi connectivity index (χ1v) is 15.5. The van der Waals surface area contributed by atoms with Crippen molar-refractivity contribution in [3.05, 3.63) is 37.0 Å². The number of esters is 1. The highest BCUT2D eigenvalue weighted by Crippen LogP contribution is 2.84. The molecule has 0 aliphatic heterocycles. The molecule has 5 rings (SSSR count). The normalized spacial score (nSPS) is 41.2. The highest BCUT2D eigenvalue weighted by Gasteiger charge is 2.78. The molecule has 0 bridgehead atoms. The summed E-state index contributed by atoms with van der Waals surface area (Å²) in [6.07, 6.45) is 11.1. The second-order valence-electron chi connectivity index (χ2n) is 13.1. The predicted octanol–water partition coefficient (Wildman–Crippen LogP) is 6.03. The molecule has 5 aliphatic rings. The molecule has 222 valence electrons. The van der Waals surface area contributed by atoms with Crippen molar-refractivity contribution in [1.82, 2.24) is 0 Å². The number of carbonyl (C=O) groups is 3. The molecular weight excluding hydrogens is 504 g/mol. The lowest BCUT2D eigenvalue weighted by molar-refractivity contribution is -0.150. The molecule has 1 N–H and O–H groups in total. The van der Waals surface area contributed by atoms with Crippen molar-refractivity contribution >= 4 is 17.5 Å². The zero-order chi connectivity index (χ0) is 29.5. The Morgan fingerprint density at radius 1 is 1.20 bits per heavy atom. The number of Topliss-reactive ketones (excluding diaryl/α,β-unsaturated/α-hetero) is 1. The molecule has 6 nitrogen and oxygen atoms in total. The first-order chi connectivity index (χ1) is 19.0. The van der Waals surface area contributed by atoms with Gasteiger partial charge in [0.2, 0.25) is 0 Å². The second kappa shape index (κ2) is 11.7. The van der Waals surface area contributed by atoms with Crippen LogP contribution in [0.1, 0.15) is 86.0 Å². The number of hydrogen-bond acceptors (Lipinski definition) is 6. The Kier molecular flexibility index (Phi) is 9.02. The minimum atomic E-state index is -1.17. The van der Waals surface area contributed by atoms with Crippen LogP contribution >= 0.6 is 0 Å². The van der Waals surface area contributed by atoms with E-state index < -0.39 is 6.10 Å². The summed E-state index contributed by atoms with van der Waals surface area (Å²) in [5.74, 6) is 0.924. The molecule has 0 aromatic rings. The topological polar surface area (TPSA) is 89.9 Å². The molecule has 6 heteroatoms. The smallest absolute Gasteiger partial charge is 0.302 e. The van der Waals surface area contributed by atoms with Gasteiger partial charge in [0, 0.05) is 18.8 Å². The molecule has 0 aromatic carbocycles. The summed E-state index contributed by atoms with van der Waals surface area (Å²) in [6.45, 7) is 18.1. The van der Waals surface area contributed by atoms with Gasteiger partial charge in [-0.25, -0.2) is 0 Å². The number of fused-ring (bicyclic) bond motifs is 2. The van der Waals surface area contributed by atoms with Gasteiger partial charge >= 0.3 is 5.97 Å². The summed E-state index contributed by atoms with van der Waals surface area (Å²) in [5, 5.41) is 11.1. The molecule has 0 saturated heterocycles. The molecule has 40 heavy (non-hydrogen) atoms. The molecular formula is C34H50O6. The Labute approximate surface area is 240 Å². The third-order valence-corrected chi connectivity index (χ3v) is 11.6. The lowest BCUT2D eigenvalue weighted by atomic mass is 9.49. The maximum Gasteiger partial charge on any atom is 0.302 e. The van der Waals surface area contributed by atoms with Crippen molar-refractivity contribution in [1.29, 1.82) is 0 Å². The van der Waals surface area contributed by atoms with Crippen LogP contribution in [0.4, 0.5) is 0 Å². The Hall–Kier alpha value is -2.05. The predicted molar refractivity (Wildman–Crippen MR) is 155 cm³/mol. The van der Waals surface area contributed by atoms with Crippen molar-refractivity contribution in [3.63, 3.8) is 0 Å². The monoisotopic (exact) mass is 554 g/mol. The Morgan fingerprint density at radius 2 is 1.90 bits per heavy atom. The number of hydrogen-bond donors (Lipinski definition) is 1. The van der Waals surface area contributed by atoms with E-state index in [1.165, 1.54) is 6.92 Å². The number of aliphatic hydroxyl groups is 1. The largest absolute Gasteiger partial charge is 0.462 e. The van der Waals surface area contributed by atoms with Gasteiger partial charge in [0.15, 0.2) is 11.6 Å². The van der Waals surface area contributed by atoms with Gasteiger partial charge in [-0.1, -0.05) is 46.4 Å². The summed E-state index contributed by atoms with van der Waals surface area (Å²) in [6, 6.07) is 0. The molecule has 4 unspecified atom stereocenters. The molecule has 10 atom stereocenters. The highest BCUT2D eigenvalue weighted by molar-refractivity contribution is 5.98. The van der Waals surface area contributed by atoms with Gasteiger partial charge in [0.25, 0.3) is 0 Å². The van der Waals surface area contributed by atoms with Gasteiger partial charge in [0.05, 0.1) is 13.2 Å². The van der Waals surface area contributed by atoms with Crippen LogP contribution < -0.4 is 0 Å². The Morgan fingerprint density at radius 3 is 2.58 bits per heavy atom. The third-order valence-electron chi connectivity index (χ3n) is 11.6. The van der Waals surface area contributed by atoms with E-state index in [0.717, 1.165) is 38.5 Å². The van der Waals surface area contributed by atoms with Crippen LogP contribution in [0.25, 0.3) is 0 Å². The van der Waals surface area contributed by atoms with E-state index in [-0.39, 0.29) is 58.1 Å². The lowest BCUT2D eigenvalue weighted by Gasteiger charge is -2.55. The summed E-state index contributed by atoms with van der Waals surface area (Å²) >= 11 is 0. The van der Waals surface area contributed by atoms with Crippen LogP contribution in [0.5, 0.6) is 0 Å². The fraction of sp³-hybridized carbons (Fsp3) is 0.735. The molecule has 4 saturated carbocycles. The number of carbonyl (C=O) groups excluding carboxylic acids is 3. The van der Waals surface area contributed by atoms with Gasteiger partial charge in [-0.3, -0.25) is 14.4 Å². The summed E-state index contributed by atoms with van der Waals surface area (Å²) in [5.41, 5.74) is 0.608. The average Bonchev–Trinajstić information content (AvgIpc) is 3.53. The fourth-order valence-electron chi connectivity index (χ4n) is 9.77. The van der Waals surface area contributed by atoms with E-state index >= 15 is 0 Å². The molecule has 0 aromatic heterocycles. The maximum absolute atomic E-state index is 13.0. The van der Waals surface area contributed by atoms with Crippen molar-refractivity contribution in [3.8, 4) is 0 Å². The Bertz CT molecular complexity index is 1060. The number of ether oxygens (including phenoxy) is 2. The fourth-order valence-corrected chi connectivity index (χ4v) is 9.77. The van der Waals surface area contributed by atoms with E-state index in [9.17, 15) is 19.5 Å². The van der Waals surface area contributed by atoms with Crippen molar-refractivity contribution in [2.24, 2.45) is 45.8 Å². The van der Waals surface area contributed by atoms with Gasteiger partial charge in [-0.2, -0.15) is 0 Å². The summed E-state index contributed by atoms with van der Waals surface area (Å²) in [4.78, 5) is 37.6. The van der Waals surface area contributed by atoms with Gasteiger partial charge < -0.3 is 14.6 Å². The van der Waals surface area contributed by atoms with E-state index in [1.807, 2.05) is 19.9 Å². The molecule has 0 radical (unpaired) electrons. The minimum Gasteiger partial charge on any atom is -0.462 e. The maximum atomic E-state index is 13.0. The molecule has 0 heterocycles. The average molecular weight is 555 g/mol. The number of aliphatic hydroxyl groups excluding tert-OH is 1. The van der Waals surface area contributed by atoms with Crippen LogP contribution in [-0.4, -0.2) is 48.1 Å². The van der Waals surface area contributed by atoms with E-state index in [4.69, 9.17) is 9.47 Å². The molecule has 2 spiro atoms. The van der Waals surface area contributed by atoms with Gasteiger partial charge in [0.1, 0.15) is 12.2 Å². The standard InChI is InChI=1S/C32H44O6.C2H6/c1-6-14-37-15-10-19(2)29(36)27(35)16-25-28(38-21(4)33)17-24-23-8-7-22-20(3)26(34)9-11-31(22)18-32(23,31)13-12-30(24,25)5;1-2/h6,9,11,20,22-25,27-28,35H,1-2,7-8,10,12-18H2,3-5H3;1-2H3/t20-,22?,23?,24-,25-,27+,28?,30-,31?,32-;/m0./s1. The van der Waals surface area contributed by atoms with E-state index in [0.29, 0.717) is 43.0 Å². The van der Waals surface area contributed by atoms with E-state index in [1.54, 1.807) is 6.08 Å². The van der Waals surface area contributed by atoms with E-state index in [2.05, 4.69) is 33.1 Å². The first kappa shape index (κ1) is 30.9. The number of allylic oxidation sites excluding steroid dienone is 2.